The van der Waals surface area contributed by atoms with E-state index in [-0.39, 0.29) is 22.4 Å². The smallest absolute Gasteiger partial charge is 0.292 e. The van der Waals surface area contributed by atoms with E-state index in [9.17, 15) is 14.9 Å². The second-order valence-corrected chi connectivity index (χ2v) is 7.94. The molecule has 164 valence electrons. The number of amides is 1. The molecule has 1 amide bonds. The molecular weight excluding hydrogens is 404 g/mol. The molecule has 7 heteroatoms. The molecule has 1 atom stereocenters. The van der Waals surface area contributed by atoms with Crippen LogP contribution < -0.4 is 15.5 Å². The summed E-state index contributed by atoms with van der Waals surface area (Å²) in [6.45, 7) is 1.88. The van der Waals surface area contributed by atoms with E-state index in [1.807, 2.05) is 66.7 Å². The molecule has 4 rings (SSSR count). The van der Waals surface area contributed by atoms with Gasteiger partial charge < -0.3 is 15.5 Å². The van der Waals surface area contributed by atoms with Crippen LogP contribution in [0.4, 0.5) is 22.7 Å². The third kappa shape index (κ3) is 5.24. The van der Waals surface area contributed by atoms with Crippen molar-refractivity contribution in [1.82, 2.24) is 0 Å². The number of piperidine rings is 1. The summed E-state index contributed by atoms with van der Waals surface area (Å²) in [6, 6.07) is 24.3. The number of carbonyl (C=O) groups excluding carboxylic acids is 1. The first-order chi connectivity index (χ1) is 15.6. The Hall–Kier alpha value is -3.87. The van der Waals surface area contributed by atoms with Crippen LogP contribution in [0.15, 0.2) is 78.9 Å². The lowest BCUT2D eigenvalue weighted by Gasteiger charge is -2.34. The number of nitro benzene ring substituents is 1. The second-order valence-electron chi connectivity index (χ2n) is 7.94. The molecule has 0 saturated carbocycles. The van der Waals surface area contributed by atoms with Crippen molar-refractivity contribution in [3.05, 3.63) is 94.5 Å². The summed E-state index contributed by atoms with van der Waals surface area (Å²) in [5.41, 5.74) is 3.23. The Labute approximate surface area is 187 Å². The van der Waals surface area contributed by atoms with Crippen molar-refractivity contribution in [3.8, 4) is 0 Å². The number of benzene rings is 3. The highest BCUT2D eigenvalue weighted by molar-refractivity contribution is 5.93. The molecule has 1 saturated heterocycles. The lowest BCUT2D eigenvalue weighted by molar-refractivity contribution is -0.384. The van der Waals surface area contributed by atoms with E-state index >= 15 is 0 Å². The average molecular weight is 431 g/mol. The quantitative estimate of drug-likeness (QED) is 0.404. The molecule has 32 heavy (non-hydrogen) atoms. The number of rotatable bonds is 7. The Morgan fingerprint density at radius 3 is 2.47 bits per heavy atom. The lowest BCUT2D eigenvalue weighted by atomic mass is 9.96. The van der Waals surface area contributed by atoms with Crippen molar-refractivity contribution < 1.29 is 9.72 Å². The van der Waals surface area contributed by atoms with Crippen molar-refractivity contribution in [1.29, 1.82) is 0 Å². The predicted octanol–water partition coefficient (Wildman–Crippen LogP) is 5.06. The summed E-state index contributed by atoms with van der Waals surface area (Å²) in [6.07, 6.45) is 1.71. The van der Waals surface area contributed by atoms with Crippen LogP contribution in [0.5, 0.6) is 0 Å². The van der Waals surface area contributed by atoms with Crippen LogP contribution in [0.25, 0.3) is 0 Å². The molecule has 1 heterocycles. The number of anilines is 3. The van der Waals surface area contributed by atoms with Gasteiger partial charge in [-0.25, -0.2) is 0 Å². The van der Waals surface area contributed by atoms with Gasteiger partial charge in [-0.1, -0.05) is 48.5 Å². The summed E-state index contributed by atoms with van der Waals surface area (Å²) in [5, 5.41) is 17.7. The Morgan fingerprint density at radius 1 is 1.03 bits per heavy atom. The van der Waals surface area contributed by atoms with Gasteiger partial charge in [-0.3, -0.25) is 14.9 Å². The molecule has 1 aliphatic heterocycles. The first kappa shape index (κ1) is 21.4. The van der Waals surface area contributed by atoms with Crippen LogP contribution in [-0.2, 0) is 11.3 Å². The molecule has 0 aromatic heterocycles. The van der Waals surface area contributed by atoms with Crippen molar-refractivity contribution >= 4 is 28.7 Å². The van der Waals surface area contributed by atoms with E-state index in [4.69, 9.17) is 0 Å². The SMILES string of the molecule is O=C(Nc1ccccc1)C1CCCN(c2ccc([N+](=O)[O-])c(NCc3ccccc3)c2)C1. The summed E-state index contributed by atoms with van der Waals surface area (Å²) in [4.78, 5) is 26.1. The van der Waals surface area contributed by atoms with Gasteiger partial charge in [0.15, 0.2) is 0 Å². The number of hydrogen-bond donors (Lipinski definition) is 2. The molecule has 7 nitrogen and oxygen atoms in total. The average Bonchev–Trinajstić information content (AvgIpc) is 2.84. The molecule has 0 spiro atoms. The van der Waals surface area contributed by atoms with Gasteiger partial charge in [0.1, 0.15) is 5.69 Å². The molecule has 1 unspecified atom stereocenters. The number of carbonyl (C=O) groups is 1. The van der Waals surface area contributed by atoms with Gasteiger partial charge >= 0.3 is 0 Å². The van der Waals surface area contributed by atoms with Crippen LogP contribution in [0.3, 0.4) is 0 Å². The molecule has 2 N–H and O–H groups in total. The minimum Gasteiger partial charge on any atom is -0.375 e. The van der Waals surface area contributed by atoms with Gasteiger partial charge in [0.25, 0.3) is 5.69 Å². The zero-order valence-electron chi connectivity index (χ0n) is 17.7. The fraction of sp³-hybridized carbons (Fsp3) is 0.240. The first-order valence-corrected chi connectivity index (χ1v) is 10.8. The van der Waals surface area contributed by atoms with Crippen molar-refractivity contribution in [2.75, 3.05) is 28.6 Å². The topological polar surface area (TPSA) is 87.5 Å². The Bertz CT molecular complexity index is 1070. The van der Waals surface area contributed by atoms with E-state index < -0.39 is 0 Å². The Kier molecular flexibility index (Phi) is 6.65. The van der Waals surface area contributed by atoms with Crippen molar-refractivity contribution in [3.63, 3.8) is 0 Å². The summed E-state index contributed by atoms with van der Waals surface area (Å²) in [5.74, 6) is -0.134. The van der Waals surface area contributed by atoms with E-state index in [2.05, 4.69) is 15.5 Å². The minimum atomic E-state index is -0.372. The minimum absolute atomic E-state index is 0.00485. The molecular formula is C25H26N4O3. The third-order valence-electron chi connectivity index (χ3n) is 5.70. The second kappa shape index (κ2) is 9.96. The number of nitrogens with zero attached hydrogens (tertiary/aromatic N) is 2. The van der Waals surface area contributed by atoms with Gasteiger partial charge in [-0.2, -0.15) is 0 Å². The van der Waals surface area contributed by atoms with Gasteiger partial charge in [0, 0.05) is 37.1 Å². The Morgan fingerprint density at radius 2 is 1.75 bits per heavy atom. The summed E-state index contributed by atoms with van der Waals surface area (Å²) < 4.78 is 0. The van der Waals surface area contributed by atoms with Gasteiger partial charge in [-0.05, 0) is 42.7 Å². The van der Waals surface area contributed by atoms with E-state index in [1.54, 1.807) is 6.07 Å². The first-order valence-electron chi connectivity index (χ1n) is 10.8. The van der Waals surface area contributed by atoms with Crippen molar-refractivity contribution in [2.24, 2.45) is 5.92 Å². The van der Waals surface area contributed by atoms with E-state index in [0.29, 0.717) is 18.8 Å². The monoisotopic (exact) mass is 430 g/mol. The third-order valence-corrected chi connectivity index (χ3v) is 5.70. The molecule has 3 aromatic carbocycles. The molecule has 0 aliphatic carbocycles. The fourth-order valence-electron chi connectivity index (χ4n) is 4.01. The van der Waals surface area contributed by atoms with Gasteiger partial charge in [0.05, 0.1) is 10.8 Å². The zero-order valence-corrected chi connectivity index (χ0v) is 17.7. The summed E-state index contributed by atoms with van der Waals surface area (Å²) >= 11 is 0. The van der Waals surface area contributed by atoms with E-state index in [1.165, 1.54) is 6.07 Å². The van der Waals surface area contributed by atoms with Crippen molar-refractivity contribution in [2.45, 2.75) is 19.4 Å². The predicted molar refractivity (Wildman–Crippen MR) is 127 cm³/mol. The Balaban J connectivity index is 1.48. The normalized spacial score (nSPS) is 15.8. The highest BCUT2D eigenvalue weighted by Crippen LogP contribution is 2.32. The highest BCUT2D eigenvalue weighted by Gasteiger charge is 2.27. The largest absolute Gasteiger partial charge is 0.375 e. The molecule has 3 aromatic rings. The van der Waals surface area contributed by atoms with Crippen LogP contribution in [-0.4, -0.2) is 23.9 Å². The van der Waals surface area contributed by atoms with Crippen LogP contribution in [0.2, 0.25) is 0 Å². The molecule has 0 radical (unpaired) electrons. The number of hydrogen-bond acceptors (Lipinski definition) is 5. The number of nitrogens with one attached hydrogen (secondary N) is 2. The maximum atomic E-state index is 12.8. The van der Waals surface area contributed by atoms with Crippen LogP contribution in [0, 0.1) is 16.0 Å². The maximum absolute atomic E-state index is 12.8. The zero-order chi connectivity index (χ0) is 22.3. The molecule has 1 fully saturated rings. The molecule has 0 bridgehead atoms. The number of para-hydroxylation sites is 1. The lowest BCUT2D eigenvalue weighted by Crippen LogP contribution is -2.40. The number of nitro groups is 1. The molecule has 1 aliphatic rings. The van der Waals surface area contributed by atoms with Gasteiger partial charge in [-0.15, -0.1) is 0 Å². The fourth-order valence-corrected chi connectivity index (χ4v) is 4.01. The summed E-state index contributed by atoms with van der Waals surface area (Å²) in [7, 11) is 0. The van der Waals surface area contributed by atoms with Gasteiger partial charge in [0.2, 0.25) is 5.91 Å². The maximum Gasteiger partial charge on any atom is 0.292 e. The van der Waals surface area contributed by atoms with Crippen LogP contribution in [0.1, 0.15) is 18.4 Å². The highest BCUT2D eigenvalue weighted by atomic mass is 16.6. The standard InChI is InChI=1S/C25H26N4O3/c30-25(27-21-11-5-2-6-12-21)20-10-7-15-28(18-20)22-13-14-24(29(31)32)23(16-22)26-17-19-8-3-1-4-9-19/h1-6,8-9,11-14,16,20,26H,7,10,15,17-18H2,(H,27,30). The van der Waals surface area contributed by atoms with E-state index in [0.717, 1.165) is 36.3 Å². The van der Waals surface area contributed by atoms with Crippen LogP contribution >= 0.6 is 0 Å².